The van der Waals surface area contributed by atoms with Crippen LogP contribution >= 0.6 is 0 Å². The molecule has 0 bridgehead atoms. The SMILES string of the molecule is CC(O)[C@H]1C[N+]2([O-])C(C(=O)O)=C(COC(=O)C3C(=O)C(=O)c4cc(F)c(N5CCN(C)CC5)c(F)c4N3CCF)C[C@H]12. The van der Waals surface area contributed by atoms with Crippen molar-refractivity contribution in [3.63, 3.8) is 0 Å². The van der Waals surface area contributed by atoms with Crippen LogP contribution in [-0.4, -0.2) is 121 Å². The lowest BCUT2D eigenvalue weighted by molar-refractivity contribution is -0.915. The Hall–Kier alpha value is -3.53. The molecule has 228 valence electrons. The molecule has 4 aliphatic rings. The molecule has 2 saturated heterocycles. The molecule has 4 aliphatic heterocycles. The summed E-state index contributed by atoms with van der Waals surface area (Å²) < 4.78 is 48.9. The molecule has 15 heteroatoms. The van der Waals surface area contributed by atoms with Crippen LogP contribution in [0.15, 0.2) is 17.3 Å². The van der Waals surface area contributed by atoms with Crippen LogP contribution in [0.5, 0.6) is 0 Å². The number of aliphatic hydroxyl groups is 1. The van der Waals surface area contributed by atoms with E-state index >= 15 is 8.78 Å². The predicted octanol–water partition coefficient (Wildman–Crippen LogP) is 0.606. The molecule has 2 fully saturated rings. The highest BCUT2D eigenvalue weighted by atomic mass is 19.1. The van der Waals surface area contributed by atoms with Gasteiger partial charge in [-0.2, -0.15) is 0 Å². The molecule has 0 saturated carbocycles. The minimum atomic E-state index is -2.12. The Morgan fingerprint density at radius 3 is 2.45 bits per heavy atom. The van der Waals surface area contributed by atoms with Gasteiger partial charge in [0, 0.05) is 44.7 Å². The number of benzene rings is 1. The molecule has 1 aromatic rings. The van der Waals surface area contributed by atoms with E-state index in [0.717, 1.165) is 4.90 Å². The van der Waals surface area contributed by atoms with Gasteiger partial charge in [-0.25, -0.2) is 22.8 Å². The molecule has 4 heterocycles. The maximum Gasteiger partial charge on any atom is 0.390 e. The van der Waals surface area contributed by atoms with Crippen LogP contribution in [0.4, 0.5) is 24.5 Å². The third kappa shape index (κ3) is 4.64. The number of carboxylic acid groups (broad SMARTS) is 1. The van der Waals surface area contributed by atoms with Crippen molar-refractivity contribution in [2.45, 2.75) is 31.5 Å². The number of ether oxygens (including phenoxy) is 1. The summed E-state index contributed by atoms with van der Waals surface area (Å²) >= 11 is 0. The van der Waals surface area contributed by atoms with E-state index in [2.05, 4.69) is 0 Å². The predicted molar refractivity (Wildman–Crippen MR) is 140 cm³/mol. The molecule has 42 heavy (non-hydrogen) atoms. The number of quaternary nitrogens is 1. The summed E-state index contributed by atoms with van der Waals surface area (Å²) in [7, 11) is 1.84. The number of carbonyl (C=O) groups excluding carboxylic acids is 3. The van der Waals surface area contributed by atoms with Crippen molar-refractivity contribution < 1.29 is 51.9 Å². The average molecular weight is 597 g/mol. The number of alkyl halides is 1. The molecule has 3 unspecified atom stereocenters. The molecule has 5 atom stereocenters. The van der Waals surface area contributed by atoms with Crippen molar-refractivity contribution in [2.75, 3.05) is 69.4 Å². The monoisotopic (exact) mass is 596 g/mol. The number of fused-ring (bicyclic) bond motifs is 2. The summed E-state index contributed by atoms with van der Waals surface area (Å²) in [5, 5.41) is 32.8. The summed E-state index contributed by atoms with van der Waals surface area (Å²) in [6, 6.07) is -2.20. The van der Waals surface area contributed by atoms with Gasteiger partial charge in [0.1, 0.15) is 30.8 Å². The number of Topliss-reactive ketones (excluding diaryl/α,β-unsaturated/α-hetero) is 2. The first-order valence-corrected chi connectivity index (χ1v) is 13.6. The summed E-state index contributed by atoms with van der Waals surface area (Å²) in [6.45, 7) is 0.193. The fourth-order valence-corrected chi connectivity index (χ4v) is 6.53. The first-order chi connectivity index (χ1) is 19.8. The Morgan fingerprint density at radius 1 is 1.19 bits per heavy atom. The van der Waals surface area contributed by atoms with Gasteiger partial charge in [-0.3, -0.25) is 9.59 Å². The number of carboxylic acids is 1. The highest BCUT2D eigenvalue weighted by Gasteiger charge is 2.60. The largest absolute Gasteiger partial charge is 0.627 e. The molecule has 0 aromatic heterocycles. The molecule has 2 N–H and O–H groups in total. The van der Waals surface area contributed by atoms with Crippen LogP contribution in [0.3, 0.4) is 0 Å². The maximum atomic E-state index is 16.0. The Labute approximate surface area is 238 Å². The van der Waals surface area contributed by atoms with Gasteiger partial charge in [0.15, 0.2) is 11.9 Å². The van der Waals surface area contributed by atoms with Gasteiger partial charge in [0.25, 0.3) is 0 Å². The zero-order valence-corrected chi connectivity index (χ0v) is 23.0. The minimum Gasteiger partial charge on any atom is -0.627 e. The van der Waals surface area contributed by atoms with Gasteiger partial charge in [0.2, 0.25) is 17.3 Å². The number of likely N-dealkylation sites (N-methyl/N-ethyl adjacent to an activating group) is 1. The minimum absolute atomic E-state index is 0.0309. The number of esters is 1. The van der Waals surface area contributed by atoms with Crippen molar-refractivity contribution in [2.24, 2.45) is 5.92 Å². The maximum absolute atomic E-state index is 16.0. The third-order valence-electron chi connectivity index (χ3n) is 8.74. The van der Waals surface area contributed by atoms with E-state index < -0.39 is 106 Å². The number of ketones is 2. The first kappa shape index (κ1) is 29.9. The second-order valence-electron chi connectivity index (χ2n) is 11.2. The number of hydroxylamine groups is 3. The molecule has 0 radical (unpaired) electrons. The Bertz CT molecular complexity index is 1380. The van der Waals surface area contributed by atoms with Crippen LogP contribution in [0, 0.1) is 22.8 Å². The van der Waals surface area contributed by atoms with Crippen LogP contribution in [0.25, 0.3) is 0 Å². The van der Waals surface area contributed by atoms with E-state index in [1.165, 1.54) is 11.8 Å². The number of piperazine rings is 1. The number of rotatable bonds is 8. The molecule has 0 amide bonds. The van der Waals surface area contributed by atoms with Crippen LogP contribution < -0.4 is 9.80 Å². The molecule has 12 nitrogen and oxygen atoms in total. The Balaban J connectivity index is 1.45. The quantitative estimate of drug-likeness (QED) is 0.143. The summed E-state index contributed by atoms with van der Waals surface area (Å²) in [6.07, 6.45) is -0.965. The standard InChI is InChI=1S/C27H31F3N4O8/c1-13(35)16-11-34(41)18(16)9-14(23(34)26(38)39)12-42-27(40)22-25(37)24(36)15-10-17(29)21(32-7-5-31(2)6-8-32)19(30)20(15)33(22)4-3-28/h10,13,16,18,22,35H,3-9,11-12H2,1-2H3,(H,38,39)/t13?,16-,18-,22?,34?/m1/s1. The molecular formula is C27H31F3N4O8. The second-order valence-corrected chi connectivity index (χ2v) is 11.2. The van der Waals surface area contributed by atoms with Crippen LogP contribution in [0.1, 0.15) is 23.7 Å². The number of hydrogen-bond donors (Lipinski definition) is 2. The van der Waals surface area contributed by atoms with Gasteiger partial charge < -0.3 is 39.5 Å². The van der Waals surface area contributed by atoms with Crippen molar-refractivity contribution >= 4 is 34.9 Å². The fourth-order valence-electron chi connectivity index (χ4n) is 6.53. The smallest absolute Gasteiger partial charge is 0.390 e. The Morgan fingerprint density at radius 2 is 1.86 bits per heavy atom. The van der Waals surface area contributed by atoms with E-state index in [-0.39, 0.29) is 31.6 Å². The Kier molecular flexibility index (Phi) is 7.81. The normalized spacial score (nSPS) is 28.4. The number of halogens is 3. The van der Waals surface area contributed by atoms with Crippen molar-refractivity contribution in [1.82, 2.24) is 4.90 Å². The van der Waals surface area contributed by atoms with Crippen molar-refractivity contribution in [3.8, 4) is 0 Å². The van der Waals surface area contributed by atoms with Gasteiger partial charge in [-0.05, 0) is 20.0 Å². The summed E-state index contributed by atoms with van der Waals surface area (Å²) in [4.78, 5) is 55.3. The lowest BCUT2D eigenvalue weighted by Gasteiger charge is -2.57. The van der Waals surface area contributed by atoms with Crippen LogP contribution in [-0.2, 0) is 19.1 Å². The average Bonchev–Trinajstić information content (AvgIpc) is 3.13. The van der Waals surface area contributed by atoms with E-state index in [9.17, 15) is 39.0 Å². The number of anilines is 2. The van der Waals surface area contributed by atoms with Crippen molar-refractivity contribution in [1.29, 1.82) is 0 Å². The second kappa shape index (κ2) is 10.9. The summed E-state index contributed by atoms with van der Waals surface area (Å²) in [5.74, 6) is -8.44. The summed E-state index contributed by atoms with van der Waals surface area (Å²) in [5.41, 5.74) is -2.29. The zero-order valence-electron chi connectivity index (χ0n) is 23.0. The molecular weight excluding hydrogens is 565 g/mol. The third-order valence-corrected chi connectivity index (χ3v) is 8.74. The molecule has 1 aromatic carbocycles. The van der Waals surface area contributed by atoms with E-state index in [1.54, 1.807) is 0 Å². The number of hydrogen-bond acceptors (Lipinski definition) is 10. The van der Waals surface area contributed by atoms with Gasteiger partial charge in [0.05, 0.1) is 29.8 Å². The van der Waals surface area contributed by atoms with E-state index in [4.69, 9.17) is 4.74 Å². The van der Waals surface area contributed by atoms with Crippen LogP contribution in [0.2, 0.25) is 0 Å². The number of aliphatic carboxylic acids is 1. The number of nitrogens with zero attached hydrogens (tertiary/aromatic N) is 4. The fraction of sp³-hybridized carbons (Fsp3) is 0.556. The number of carbonyl (C=O) groups is 4. The lowest BCUT2D eigenvalue weighted by atomic mass is 9.83. The van der Waals surface area contributed by atoms with E-state index in [1.807, 2.05) is 11.9 Å². The van der Waals surface area contributed by atoms with E-state index in [0.29, 0.717) is 19.2 Å². The lowest BCUT2D eigenvalue weighted by Crippen LogP contribution is -2.67. The zero-order chi connectivity index (χ0) is 30.7. The van der Waals surface area contributed by atoms with Crippen molar-refractivity contribution in [3.05, 3.63) is 39.7 Å². The topological polar surface area (TPSA) is 151 Å². The highest BCUT2D eigenvalue weighted by molar-refractivity contribution is 6.51. The first-order valence-electron chi connectivity index (χ1n) is 13.6. The molecule has 5 rings (SSSR count). The highest BCUT2D eigenvalue weighted by Crippen LogP contribution is 2.49. The van der Waals surface area contributed by atoms with Gasteiger partial charge >= 0.3 is 11.9 Å². The molecule has 0 spiro atoms. The van der Waals surface area contributed by atoms with Gasteiger partial charge in [-0.15, -0.1) is 0 Å². The van der Waals surface area contributed by atoms with Gasteiger partial charge in [-0.1, -0.05) is 0 Å². The number of aliphatic hydroxyl groups excluding tert-OH is 1. The molecule has 0 aliphatic carbocycles.